The van der Waals surface area contributed by atoms with E-state index in [9.17, 15) is 8.78 Å². The highest BCUT2D eigenvalue weighted by atomic mass is 35.5. The van der Waals surface area contributed by atoms with E-state index < -0.39 is 11.6 Å². The number of nitrogens with two attached hydrogens (primary N) is 1. The smallest absolute Gasteiger partial charge is 0.181 e. The second kappa shape index (κ2) is 4.58. The van der Waals surface area contributed by atoms with Crippen molar-refractivity contribution in [1.82, 2.24) is 9.78 Å². The Hall–Kier alpha value is -1.82. The molecule has 0 atom stereocenters. The van der Waals surface area contributed by atoms with Crippen molar-refractivity contribution >= 4 is 17.4 Å². The van der Waals surface area contributed by atoms with Gasteiger partial charge in [0.15, 0.2) is 24.1 Å². The largest absolute Gasteiger partial charge is 0.468 e. The van der Waals surface area contributed by atoms with Crippen LogP contribution < -0.4 is 10.5 Å². The Morgan fingerprint density at radius 1 is 1.41 bits per heavy atom. The summed E-state index contributed by atoms with van der Waals surface area (Å²) in [5, 5.41) is 4.10. The monoisotopic (exact) mass is 259 g/mol. The molecule has 0 spiro atoms. The summed E-state index contributed by atoms with van der Waals surface area (Å²) in [6.07, 6.45) is 1.44. The summed E-state index contributed by atoms with van der Waals surface area (Å²) in [5.41, 5.74) is 5.42. The molecule has 0 aliphatic rings. The van der Waals surface area contributed by atoms with Gasteiger partial charge in [-0.3, -0.25) is 0 Å². The molecule has 0 fully saturated rings. The fraction of sp³-hybridized carbons (Fsp3) is 0.100. The van der Waals surface area contributed by atoms with E-state index in [1.54, 1.807) is 0 Å². The standard InChI is InChI=1S/C10H8ClF2N3O/c11-7-4-16(15-10(7)14)5-17-9-2-1-6(12)3-8(9)13/h1-4H,5H2,(H2,14,15). The number of hydrogen-bond acceptors (Lipinski definition) is 3. The van der Waals surface area contributed by atoms with Crippen molar-refractivity contribution in [3.8, 4) is 5.75 Å². The van der Waals surface area contributed by atoms with Gasteiger partial charge in [0.2, 0.25) is 0 Å². The zero-order valence-corrected chi connectivity index (χ0v) is 9.29. The normalized spacial score (nSPS) is 10.5. The number of benzene rings is 1. The summed E-state index contributed by atoms with van der Waals surface area (Å²) in [7, 11) is 0. The maximum atomic E-state index is 13.2. The number of halogens is 3. The van der Waals surface area contributed by atoms with Crippen LogP contribution >= 0.6 is 11.6 Å². The van der Waals surface area contributed by atoms with Crippen molar-refractivity contribution < 1.29 is 13.5 Å². The molecule has 2 N–H and O–H groups in total. The molecule has 0 amide bonds. The Kier molecular flexibility index (Phi) is 3.14. The molecule has 17 heavy (non-hydrogen) atoms. The molecular formula is C10H8ClF2N3O. The van der Waals surface area contributed by atoms with Gasteiger partial charge in [0.25, 0.3) is 0 Å². The summed E-state index contributed by atoms with van der Waals surface area (Å²) in [6.45, 7) is -0.0700. The predicted octanol–water partition coefficient (Wildman–Crippen LogP) is 2.43. The van der Waals surface area contributed by atoms with E-state index in [1.807, 2.05) is 0 Å². The number of aromatic nitrogens is 2. The lowest BCUT2D eigenvalue weighted by molar-refractivity contribution is 0.211. The van der Waals surface area contributed by atoms with Crippen LogP contribution in [0.5, 0.6) is 5.75 Å². The molecule has 2 rings (SSSR count). The lowest BCUT2D eigenvalue weighted by Crippen LogP contribution is -2.07. The van der Waals surface area contributed by atoms with Crippen molar-refractivity contribution in [2.24, 2.45) is 0 Å². The van der Waals surface area contributed by atoms with Crippen LogP contribution in [-0.2, 0) is 6.73 Å². The number of ether oxygens (including phenoxy) is 1. The minimum absolute atomic E-state index is 0.0700. The Balaban J connectivity index is 2.07. The van der Waals surface area contributed by atoms with Gasteiger partial charge in [0.05, 0.1) is 0 Å². The number of rotatable bonds is 3. The van der Waals surface area contributed by atoms with Gasteiger partial charge in [-0.05, 0) is 12.1 Å². The van der Waals surface area contributed by atoms with E-state index >= 15 is 0 Å². The highest BCUT2D eigenvalue weighted by Crippen LogP contribution is 2.19. The van der Waals surface area contributed by atoms with Crippen molar-refractivity contribution in [2.45, 2.75) is 6.73 Å². The minimum Gasteiger partial charge on any atom is -0.468 e. The molecule has 0 bridgehead atoms. The van der Waals surface area contributed by atoms with Crippen LogP contribution in [0.25, 0.3) is 0 Å². The molecule has 0 aliphatic heterocycles. The first-order valence-electron chi connectivity index (χ1n) is 4.62. The highest BCUT2D eigenvalue weighted by Gasteiger charge is 2.06. The van der Waals surface area contributed by atoms with Crippen LogP contribution in [0.15, 0.2) is 24.4 Å². The van der Waals surface area contributed by atoms with Gasteiger partial charge in [-0.25, -0.2) is 13.5 Å². The summed E-state index contributed by atoms with van der Waals surface area (Å²) >= 11 is 5.68. The van der Waals surface area contributed by atoms with Gasteiger partial charge < -0.3 is 10.5 Å². The Morgan fingerprint density at radius 2 is 2.18 bits per heavy atom. The van der Waals surface area contributed by atoms with Gasteiger partial charge in [-0.1, -0.05) is 11.6 Å². The molecule has 0 saturated heterocycles. The second-order valence-corrected chi connectivity index (χ2v) is 3.66. The third-order valence-corrected chi connectivity index (χ3v) is 2.28. The topological polar surface area (TPSA) is 53.1 Å². The molecule has 1 heterocycles. The maximum absolute atomic E-state index is 13.2. The zero-order valence-electron chi connectivity index (χ0n) is 8.53. The Labute approximate surface area is 101 Å². The summed E-state index contributed by atoms with van der Waals surface area (Å²) in [4.78, 5) is 0. The van der Waals surface area contributed by atoms with E-state index in [1.165, 1.54) is 16.9 Å². The Bertz CT molecular complexity index is 525. The molecule has 7 heteroatoms. The van der Waals surface area contributed by atoms with Gasteiger partial charge in [0.1, 0.15) is 10.8 Å². The number of anilines is 1. The van der Waals surface area contributed by atoms with Crippen LogP contribution in [0.3, 0.4) is 0 Å². The highest BCUT2D eigenvalue weighted by molar-refractivity contribution is 6.32. The summed E-state index contributed by atoms with van der Waals surface area (Å²) in [6, 6.07) is 3.03. The van der Waals surface area contributed by atoms with E-state index in [0.717, 1.165) is 12.1 Å². The third kappa shape index (κ3) is 2.65. The van der Waals surface area contributed by atoms with Crippen LogP contribution in [-0.4, -0.2) is 9.78 Å². The van der Waals surface area contributed by atoms with Crippen molar-refractivity contribution in [3.05, 3.63) is 41.1 Å². The van der Waals surface area contributed by atoms with Crippen LogP contribution in [0, 0.1) is 11.6 Å². The van der Waals surface area contributed by atoms with E-state index in [4.69, 9.17) is 22.1 Å². The SMILES string of the molecule is Nc1nn(COc2ccc(F)cc2F)cc1Cl. The van der Waals surface area contributed by atoms with Crippen molar-refractivity contribution in [2.75, 3.05) is 5.73 Å². The maximum Gasteiger partial charge on any atom is 0.181 e. The lowest BCUT2D eigenvalue weighted by atomic mass is 10.3. The molecule has 0 radical (unpaired) electrons. The molecular weight excluding hydrogens is 252 g/mol. The zero-order chi connectivity index (χ0) is 12.4. The molecule has 0 aliphatic carbocycles. The van der Waals surface area contributed by atoms with E-state index in [-0.39, 0.29) is 23.3 Å². The fourth-order valence-electron chi connectivity index (χ4n) is 1.21. The summed E-state index contributed by atoms with van der Waals surface area (Å²) < 4.78 is 32.2. The molecule has 0 unspecified atom stereocenters. The summed E-state index contributed by atoms with van der Waals surface area (Å²) in [5.74, 6) is -1.36. The average Bonchev–Trinajstić information content (AvgIpc) is 2.57. The minimum atomic E-state index is -0.781. The first kappa shape index (κ1) is 11.7. The van der Waals surface area contributed by atoms with Crippen molar-refractivity contribution in [3.63, 3.8) is 0 Å². The first-order chi connectivity index (χ1) is 8.06. The van der Waals surface area contributed by atoms with E-state index in [0.29, 0.717) is 0 Å². The van der Waals surface area contributed by atoms with Crippen LogP contribution in [0.2, 0.25) is 5.02 Å². The lowest BCUT2D eigenvalue weighted by Gasteiger charge is -2.06. The fourth-order valence-corrected chi connectivity index (χ4v) is 1.36. The van der Waals surface area contributed by atoms with Gasteiger partial charge in [-0.15, -0.1) is 0 Å². The van der Waals surface area contributed by atoms with E-state index in [2.05, 4.69) is 5.10 Å². The molecule has 2 aromatic rings. The molecule has 4 nitrogen and oxygen atoms in total. The number of nitrogen functional groups attached to an aromatic ring is 1. The van der Waals surface area contributed by atoms with Crippen molar-refractivity contribution in [1.29, 1.82) is 0 Å². The van der Waals surface area contributed by atoms with Crippen LogP contribution in [0.1, 0.15) is 0 Å². The van der Waals surface area contributed by atoms with Gasteiger partial charge in [0, 0.05) is 12.3 Å². The number of hydrogen-bond donors (Lipinski definition) is 1. The molecule has 1 aromatic heterocycles. The van der Waals surface area contributed by atoms with Gasteiger partial charge >= 0.3 is 0 Å². The average molecular weight is 260 g/mol. The van der Waals surface area contributed by atoms with Crippen LogP contribution in [0.4, 0.5) is 14.6 Å². The Morgan fingerprint density at radius 3 is 2.76 bits per heavy atom. The quantitative estimate of drug-likeness (QED) is 0.921. The predicted molar refractivity (Wildman–Crippen MR) is 58.6 cm³/mol. The van der Waals surface area contributed by atoms with Gasteiger partial charge in [-0.2, -0.15) is 5.10 Å². The third-order valence-electron chi connectivity index (χ3n) is 1.99. The molecule has 0 saturated carbocycles. The second-order valence-electron chi connectivity index (χ2n) is 3.25. The first-order valence-corrected chi connectivity index (χ1v) is 5.00. The molecule has 1 aromatic carbocycles. The molecule has 90 valence electrons. The number of nitrogens with zero attached hydrogens (tertiary/aromatic N) is 2.